The van der Waals surface area contributed by atoms with Crippen LogP contribution in [-0.4, -0.2) is 53.9 Å². The lowest BCUT2D eigenvalue weighted by Crippen LogP contribution is -2.57. The van der Waals surface area contributed by atoms with E-state index >= 15 is 0 Å². The Kier molecular flexibility index (Phi) is 6.68. The van der Waals surface area contributed by atoms with E-state index in [9.17, 15) is 24.0 Å². The molecule has 4 heterocycles. The van der Waals surface area contributed by atoms with Crippen molar-refractivity contribution in [2.45, 2.75) is 117 Å². The SMILES string of the molecule is COc1cc2c(c3oc4cc(C)ccc4c(=O)c13)[C@@H](OC(=O)[C@@]13CC[C@@](C)(C(=O)O1)C3(C)C)[C@@H](OC(=O)[C@@]13CC[C@@](C)(C(=O)O1)C3(C)C)C(C)(C)O2. The largest absolute Gasteiger partial charge is 0.496 e. The van der Waals surface area contributed by atoms with Gasteiger partial charge in [0.25, 0.3) is 0 Å². The van der Waals surface area contributed by atoms with Crippen LogP contribution in [0, 0.1) is 28.6 Å². The van der Waals surface area contributed by atoms with Crippen molar-refractivity contribution in [2.75, 3.05) is 7.11 Å². The molecular formula is C40H44O12. The highest BCUT2D eigenvalue weighted by Gasteiger charge is 2.78. The van der Waals surface area contributed by atoms with Gasteiger partial charge in [0.1, 0.15) is 28.1 Å². The number of carbonyl (C=O) groups excluding carboxylic acids is 4. The molecule has 276 valence electrons. The topological polar surface area (TPSA) is 154 Å². The van der Waals surface area contributed by atoms with E-state index in [2.05, 4.69) is 0 Å². The Morgan fingerprint density at radius 3 is 1.81 bits per heavy atom. The summed E-state index contributed by atoms with van der Waals surface area (Å²) in [7, 11) is 1.42. The first kappa shape index (κ1) is 34.5. The number of ether oxygens (including phenoxy) is 6. The minimum Gasteiger partial charge on any atom is -0.496 e. The van der Waals surface area contributed by atoms with E-state index in [1.54, 1.807) is 45.9 Å². The zero-order chi connectivity index (χ0) is 37.8. The van der Waals surface area contributed by atoms with E-state index in [-0.39, 0.29) is 51.9 Å². The van der Waals surface area contributed by atoms with Gasteiger partial charge in [-0.05, 0) is 78.0 Å². The number of carbonyl (C=O) groups is 4. The fourth-order valence-electron chi connectivity index (χ4n) is 9.62. The molecule has 5 aliphatic rings. The Morgan fingerprint density at radius 2 is 1.31 bits per heavy atom. The third kappa shape index (κ3) is 3.80. The van der Waals surface area contributed by atoms with Crippen LogP contribution in [-0.2, 0) is 38.1 Å². The number of fused-ring (bicyclic) bond motifs is 8. The first-order chi connectivity index (χ1) is 24.1. The average molecular weight is 717 g/mol. The Labute approximate surface area is 300 Å². The molecular weight excluding hydrogens is 672 g/mol. The summed E-state index contributed by atoms with van der Waals surface area (Å²) in [4.78, 5) is 69.9. The van der Waals surface area contributed by atoms with E-state index in [1.165, 1.54) is 13.2 Å². The van der Waals surface area contributed by atoms with Crippen LogP contribution in [0.1, 0.15) is 98.3 Å². The van der Waals surface area contributed by atoms with Gasteiger partial charge in [-0.1, -0.05) is 33.8 Å². The van der Waals surface area contributed by atoms with Crippen molar-refractivity contribution in [3.8, 4) is 11.5 Å². The van der Waals surface area contributed by atoms with Crippen molar-refractivity contribution in [3.63, 3.8) is 0 Å². The summed E-state index contributed by atoms with van der Waals surface area (Å²) in [6.45, 7) is 16.1. The molecule has 2 saturated heterocycles. The lowest BCUT2D eigenvalue weighted by Gasteiger charge is -2.46. The van der Waals surface area contributed by atoms with Gasteiger partial charge >= 0.3 is 23.9 Å². The Balaban J connectivity index is 1.34. The summed E-state index contributed by atoms with van der Waals surface area (Å²) < 4.78 is 43.5. The molecule has 12 nitrogen and oxygen atoms in total. The number of hydrogen-bond acceptors (Lipinski definition) is 12. The second kappa shape index (κ2) is 10.1. The summed E-state index contributed by atoms with van der Waals surface area (Å²) in [6, 6.07) is 6.72. The van der Waals surface area contributed by atoms with Gasteiger partial charge in [-0.25, -0.2) is 9.59 Å². The molecule has 1 aromatic heterocycles. The number of benzene rings is 2. The molecule has 0 spiro atoms. The Bertz CT molecular complexity index is 2230. The van der Waals surface area contributed by atoms with Gasteiger partial charge in [-0.3, -0.25) is 14.4 Å². The maximum Gasteiger partial charge on any atom is 0.351 e. The first-order valence-electron chi connectivity index (χ1n) is 17.8. The number of aryl methyl sites for hydroxylation is 1. The highest BCUT2D eigenvalue weighted by Crippen LogP contribution is 2.68. The molecule has 2 aromatic carbocycles. The highest BCUT2D eigenvalue weighted by atomic mass is 16.7. The summed E-state index contributed by atoms with van der Waals surface area (Å²) in [5.41, 5.74) is -7.49. The van der Waals surface area contributed by atoms with Crippen molar-refractivity contribution < 1.29 is 52.0 Å². The Hall–Kier alpha value is -4.61. The normalized spacial score (nSPS) is 34.4. The molecule has 2 aliphatic carbocycles. The number of hydrogen-bond donors (Lipinski definition) is 0. The molecule has 8 rings (SSSR count). The predicted molar refractivity (Wildman–Crippen MR) is 185 cm³/mol. The predicted octanol–water partition coefficient (Wildman–Crippen LogP) is 6.17. The summed E-state index contributed by atoms with van der Waals surface area (Å²) >= 11 is 0. The quantitative estimate of drug-likeness (QED) is 0.168. The van der Waals surface area contributed by atoms with Crippen LogP contribution in [0.15, 0.2) is 33.5 Å². The van der Waals surface area contributed by atoms with Crippen molar-refractivity contribution in [1.82, 2.24) is 0 Å². The monoisotopic (exact) mass is 716 g/mol. The van der Waals surface area contributed by atoms with Crippen molar-refractivity contribution in [1.29, 1.82) is 0 Å². The molecule has 3 aliphatic heterocycles. The molecule has 4 bridgehead atoms. The van der Waals surface area contributed by atoms with Crippen molar-refractivity contribution >= 4 is 45.8 Å². The third-order valence-electron chi connectivity index (χ3n) is 14.2. The molecule has 3 aromatic rings. The van der Waals surface area contributed by atoms with Crippen LogP contribution < -0.4 is 14.9 Å². The highest BCUT2D eigenvalue weighted by molar-refractivity contribution is 5.98. The van der Waals surface area contributed by atoms with E-state index in [4.69, 9.17) is 32.8 Å². The molecule has 2 saturated carbocycles. The first-order valence-corrected chi connectivity index (χ1v) is 17.8. The fourth-order valence-corrected chi connectivity index (χ4v) is 9.62. The fraction of sp³-hybridized carbons (Fsp3) is 0.575. The van der Waals surface area contributed by atoms with Gasteiger partial charge in [-0.2, -0.15) is 0 Å². The Morgan fingerprint density at radius 1 is 0.750 bits per heavy atom. The summed E-state index contributed by atoms with van der Waals surface area (Å²) in [5, 5.41) is 0.379. The van der Waals surface area contributed by atoms with Gasteiger partial charge in [-0.15, -0.1) is 0 Å². The zero-order valence-corrected chi connectivity index (χ0v) is 31.2. The van der Waals surface area contributed by atoms with Crippen LogP contribution in [0.3, 0.4) is 0 Å². The van der Waals surface area contributed by atoms with Crippen molar-refractivity contribution in [3.05, 3.63) is 45.6 Å². The lowest BCUT2D eigenvalue weighted by molar-refractivity contribution is -0.217. The second-order valence-electron chi connectivity index (χ2n) is 17.3. The van der Waals surface area contributed by atoms with Crippen LogP contribution >= 0.6 is 0 Å². The molecule has 0 N–H and O–H groups in total. The molecule has 0 unspecified atom stereocenters. The van der Waals surface area contributed by atoms with Gasteiger partial charge in [0.05, 0.1) is 28.9 Å². The van der Waals surface area contributed by atoms with Crippen molar-refractivity contribution in [2.24, 2.45) is 21.7 Å². The summed E-state index contributed by atoms with van der Waals surface area (Å²) in [6.07, 6.45) is -1.53. The molecule has 12 heteroatoms. The second-order valence-corrected chi connectivity index (χ2v) is 17.3. The minimum absolute atomic E-state index is 0.0162. The maximum atomic E-state index is 14.7. The van der Waals surface area contributed by atoms with Gasteiger partial charge < -0.3 is 32.8 Å². The van der Waals surface area contributed by atoms with Crippen LogP contribution in [0.5, 0.6) is 11.5 Å². The van der Waals surface area contributed by atoms with Gasteiger partial charge in [0.2, 0.25) is 16.6 Å². The van der Waals surface area contributed by atoms with E-state index in [0.717, 1.165) is 5.56 Å². The van der Waals surface area contributed by atoms with Gasteiger partial charge in [0, 0.05) is 16.9 Å². The average Bonchev–Trinajstić information content (AvgIpc) is 3.53. The smallest absolute Gasteiger partial charge is 0.351 e. The van der Waals surface area contributed by atoms with Gasteiger partial charge in [0.15, 0.2) is 17.8 Å². The zero-order valence-electron chi connectivity index (χ0n) is 31.2. The molecule has 0 amide bonds. The molecule has 6 atom stereocenters. The number of methoxy groups -OCH3 is 1. The summed E-state index contributed by atoms with van der Waals surface area (Å²) in [5.74, 6) is -2.27. The van der Waals surface area contributed by atoms with Crippen LogP contribution in [0.4, 0.5) is 0 Å². The lowest BCUT2D eigenvalue weighted by atomic mass is 9.66. The van der Waals surface area contributed by atoms with Crippen LogP contribution in [0.2, 0.25) is 0 Å². The van der Waals surface area contributed by atoms with Crippen LogP contribution in [0.25, 0.3) is 21.9 Å². The third-order valence-corrected chi connectivity index (χ3v) is 14.2. The van der Waals surface area contributed by atoms with E-state index < -0.39 is 74.5 Å². The molecule has 4 fully saturated rings. The molecule has 52 heavy (non-hydrogen) atoms. The minimum atomic E-state index is -1.64. The number of rotatable bonds is 5. The van der Waals surface area contributed by atoms with E-state index in [0.29, 0.717) is 18.2 Å². The molecule has 0 radical (unpaired) electrons. The number of esters is 4. The maximum absolute atomic E-state index is 14.7. The van der Waals surface area contributed by atoms with E-state index in [1.807, 2.05) is 34.6 Å². The standard InChI is InChI=1S/C40H44O12/c1-19-11-12-20-21(17-19)47-27-24(26(20)41)22(46-10)18-23-25(27)28(48-32(44)39-15-13-37(8,30(42)51-39)35(39,4)5)29(34(2,3)50-23)49-33(45)40-16-14-38(9,31(43)52-40)36(40,6)7/h11-12,17-18,28-29H,13-16H2,1-10H3/t28-,29-,37+,38+,39-,40-/m1/s1.